The second kappa shape index (κ2) is 6.33. The standard InChI is InChI=1S/C18H16N2O4S/c21-16-13(19-18(23)20-16)8-10-4-6-12(7-5-10)24-17(22)15-9-11-2-1-3-14(11)25-15/h4-7,9,13H,1-3,8H2,(H2,19,20,21,23). The highest BCUT2D eigenvalue weighted by atomic mass is 32.1. The highest BCUT2D eigenvalue weighted by Crippen LogP contribution is 2.31. The number of aryl methyl sites for hydroxylation is 2. The molecule has 1 unspecified atom stereocenters. The van der Waals surface area contributed by atoms with Crippen molar-refractivity contribution in [1.29, 1.82) is 0 Å². The van der Waals surface area contributed by atoms with Gasteiger partial charge in [0, 0.05) is 11.3 Å². The van der Waals surface area contributed by atoms with Gasteiger partial charge in [0.2, 0.25) is 0 Å². The van der Waals surface area contributed by atoms with Gasteiger partial charge in [0.05, 0.1) is 0 Å². The third kappa shape index (κ3) is 3.28. The van der Waals surface area contributed by atoms with Crippen LogP contribution in [0.2, 0.25) is 0 Å². The van der Waals surface area contributed by atoms with Crippen LogP contribution in [0.25, 0.3) is 0 Å². The summed E-state index contributed by atoms with van der Waals surface area (Å²) in [6.07, 6.45) is 3.65. The van der Waals surface area contributed by atoms with Crippen molar-refractivity contribution in [3.8, 4) is 5.75 Å². The van der Waals surface area contributed by atoms with E-state index in [1.807, 2.05) is 6.07 Å². The largest absolute Gasteiger partial charge is 0.422 e. The number of fused-ring (bicyclic) bond motifs is 1. The summed E-state index contributed by atoms with van der Waals surface area (Å²) in [5.41, 5.74) is 2.14. The van der Waals surface area contributed by atoms with Gasteiger partial charge in [0.1, 0.15) is 16.7 Å². The van der Waals surface area contributed by atoms with E-state index < -0.39 is 12.1 Å². The van der Waals surface area contributed by atoms with Crippen LogP contribution < -0.4 is 15.4 Å². The number of ether oxygens (including phenoxy) is 1. The molecule has 2 heterocycles. The van der Waals surface area contributed by atoms with Crippen LogP contribution in [0.15, 0.2) is 30.3 Å². The molecule has 1 saturated heterocycles. The molecule has 1 atom stereocenters. The lowest BCUT2D eigenvalue weighted by molar-refractivity contribution is -0.120. The molecule has 1 aliphatic carbocycles. The van der Waals surface area contributed by atoms with Crippen LogP contribution >= 0.6 is 11.3 Å². The number of urea groups is 1. The monoisotopic (exact) mass is 356 g/mol. The summed E-state index contributed by atoms with van der Waals surface area (Å²) < 4.78 is 5.42. The number of carbonyl (C=O) groups is 3. The van der Waals surface area contributed by atoms with Crippen molar-refractivity contribution in [2.45, 2.75) is 31.7 Å². The Morgan fingerprint density at radius 3 is 2.68 bits per heavy atom. The minimum atomic E-state index is -0.561. The molecular formula is C18H16N2O4S. The molecule has 128 valence electrons. The quantitative estimate of drug-likeness (QED) is 0.500. The van der Waals surface area contributed by atoms with Crippen LogP contribution in [0.3, 0.4) is 0 Å². The number of carbonyl (C=O) groups excluding carboxylic acids is 3. The molecule has 1 fully saturated rings. The Hall–Kier alpha value is -2.67. The van der Waals surface area contributed by atoms with Gasteiger partial charge >= 0.3 is 12.0 Å². The number of esters is 1. The average Bonchev–Trinajstić information content (AvgIpc) is 3.24. The van der Waals surface area contributed by atoms with Gasteiger partial charge in [-0.2, -0.15) is 0 Å². The van der Waals surface area contributed by atoms with Crippen molar-refractivity contribution >= 4 is 29.2 Å². The Kier molecular flexibility index (Phi) is 4.01. The summed E-state index contributed by atoms with van der Waals surface area (Å²) in [6, 6.07) is 7.87. The molecule has 1 aromatic carbocycles. The highest BCUT2D eigenvalue weighted by molar-refractivity contribution is 7.14. The van der Waals surface area contributed by atoms with Crippen molar-refractivity contribution < 1.29 is 19.1 Å². The van der Waals surface area contributed by atoms with Crippen molar-refractivity contribution in [2.24, 2.45) is 0 Å². The first kappa shape index (κ1) is 15.8. The first-order chi connectivity index (χ1) is 12.1. The van der Waals surface area contributed by atoms with Crippen molar-refractivity contribution in [2.75, 3.05) is 0 Å². The third-order valence-electron chi connectivity index (χ3n) is 4.38. The molecule has 0 bridgehead atoms. The fourth-order valence-electron chi connectivity index (χ4n) is 3.12. The minimum Gasteiger partial charge on any atom is -0.422 e. The van der Waals surface area contributed by atoms with E-state index in [4.69, 9.17) is 4.74 Å². The number of imide groups is 1. The Balaban J connectivity index is 1.39. The SMILES string of the molecule is O=C1NC(=O)C(Cc2ccc(OC(=O)c3cc4c(s3)CCC4)cc2)N1. The molecule has 1 aliphatic heterocycles. The van der Waals surface area contributed by atoms with E-state index in [-0.39, 0.29) is 11.9 Å². The van der Waals surface area contributed by atoms with Gasteiger partial charge in [0.15, 0.2) is 0 Å². The van der Waals surface area contributed by atoms with E-state index in [2.05, 4.69) is 10.6 Å². The van der Waals surface area contributed by atoms with Gasteiger partial charge in [-0.3, -0.25) is 10.1 Å². The summed E-state index contributed by atoms with van der Waals surface area (Å²) in [4.78, 5) is 36.9. The maximum absolute atomic E-state index is 12.3. The van der Waals surface area contributed by atoms with Crippen molar-refractivity contribution in [3.63, 3.8) is 0 Å². The lowest BCUT2D eigenvalue weighted by Crippen LogP contribution is -2.31. The fraction of sp³-hybridized carbons (Fsp3) is 0.278. The molecule has 0 saturated carbocycles. The van der Waals surface area contributed by atoms with E-state index in [1.165, 1.54) is 21.8 Å². The lowest BCUT2D eigenvalue weighted by Gasteiger charge is -2.08. The van der Waals surface area contributed by atoms with E-state index in [9.17, 15) is 14.4 Å². The molecule has 0 spiro atoms. The van der Waals surface area contributed by atoms with E-state index in [0.29, 0.717) is 17.0 Å². The maximum Gasteiger partial charge on any atom is 0.353 e. The summed E-state index contributed by atoms with van der Waals surface area (Å²) in [7, 11) is 0. The molecular weight excluding hydrogens is 340 g/mol. The third-order valence-corrected chi connectivity index (χ3v) is 5.60. The summed E-state index contributed by atoms with van der Waals surface area (Å²) >= 11 is 1.52. The number of amides is 3. The normalized spacial score (nSPS) is 18.6. The molecule has 6 nitrogen and oxygen atoms in total. The predicted molar refractivity (Wildman–Crippen MR) is 91.9 cm³/mol. The first-order valence-electron chi connectivity index (χ1n) is 8.12. The van der Waals surface area contributed by atoms with E-state index >= 15 is 0 Å². The smallest absolute Gasteiger partial charge is 0.353 e. The Morgan fingerprint density at radius 1 is 1.20 bits per heavy atom. The summed E-state index contributed by atoms with van der Waals surface area (Å²) in [6.45, 7) is 0. The van der Waals surface area contributed by atoms with Crippen LogP contribution in [-0.4, -0.2) is 23.9 Å². The molecule has 1 aromatic heterocycles. The average molecular weight is 356 g/mol. The zero-order chi connectivity index (χ0) is 17.4. The predicted octanol–water partition coefficient (Wildman–Crippen LogP) is 2.21. The topological polar surface area (TPSA) is 84.5 Å². The summed E-state index contributed by atoms with van der Waals surface area (Å²) in [5, 5.41) is 4.76. The molecule has 4 rings (SSSR count). The number of hydrogen-bond donors (Lipinski definition) is 2. The van der Waals surface area contributed by atoms with Gasteiger partial charge < -0.3 is 10.1 Å². The van der Waals surface area contributed by atoms with Crippen LogP contribution in [0.1, 0.15) is 32.1 Å². The maximum atomic E-state index is 12.3. The fourth-order valence-corrected chi connectivity index (χ4v) is 4.25. The zero-order valence-corrected chi connectivity index (χ0v) is 14.2. The van der Waals surface area contributed by atoms with Gasteiger partial charge in [-0.1, -0.05) is 12.1 Å². The second-order valence-electron chi connectivity index (χ2n) is 6.17. The van der Waals surface area contributed by atoms with Gasteiger partial charge in [-0.05, 0) is 48.6 Å². The van der Waals surface area contributed by atoms with Crippen LogP contribution in [0.4, 0.5) is 4.79 Å². The molecule has 7 heteroatoms. The number of benzene rings is 1. The van der Waals surface area contributed by atoms with Crippen LogP contribution in [0, 0.1) is 0 Å². The Morgan fingerprint density at radius 2 is 2.00 bits per heavy atom. The zero-order valence-electron chi connectivity index (χ0n) is 13.3. The molecule has 3 amide bonds. The lowest BCUT2D eigenvalue weighted by atomic mass is 10.1. The molecule has 2 N–H and O–H groups in total. The minimum absolute atomic E-state index is 0.328. The number of hydrogen-bond acceptors (Lipinski definition) is 5. The van der Waals surface area contributed by atoms with Crippen LogP contribution in [0.5, 0.6) is 5.75 Å². The molecule has 2 aromatic rings. The molecule has 2 aliphatic rings. The van der Waals surface area contributed by atoms with Crippen LogP contribution in [-0.2, 0) is 24.1 Å². The first-order valence-corrected chi connectivity index (χ1v) is 8.94. The molecule has 25 heavy (non-hydrogen) atoms. The second-order valence-corrected chi connectivity index (χ2v) is 7.30. The molecule has 0 radical (unpaired) electrons. The highest BCUT2D eigenvalue weighted by Gasteiger charge is 2.29. The number of thiophene rings is 1. The van der Waals surface area contributed by atoms with Gasteiger partial charge in [-0.15, -0.1) is 11.3 Å². The summed E-state index contributed by atoms with van der Waals surface area (Å²) in [5.74, 6) is -0.206. The van der Waals surface area contributed by atoms with Gasteiger partial charge in [0.25, 0.3) is 5.91 Å². The van der Waals surface area contributed by atoms with E-state index in [0.717, 1.165) is 24.8 Å². The van der Waals surface area contributed by atoms with Crippen molar-refractivity contribution in [1.82, 2.24) is 10.6 Å². The number of nitrogens with one attached hydrogen (secondary N) is 2. The Bertz CT molecular complexity index is 835. The van der Waals surface area contributed by atoms with E-state index in [1.54, 1.807) is 24.3 Å². The van der Waals surface area contributed by atoms with Crippen molar-refractivity contribution in [3.05, 3.63) is 51.2 Å². The van der Waals surface area contributed by atoms with Gasteiger partial charge in [-0.25, -0.2) is 9.59 Å². The number of rotatable bonds is 4. The Labute approximate surface area is 148 Å².